The predicted molar refractivity (Wildman–Crippen MR) is 87.7 cm³/mol. The minimum absolute atomic E-state index is 0.110. The van der Waals surface area contributed by atoms with Crippen molar-refractivity contribution in [3.63, 3.8) is 0 Å². The fraction of sp³-hybridized carbons (Fsp3) is 0.368. The molecule has 2 aliphatic rings. The Morgan fingerprint density at radius 2 is 2.00 bits per heavy atom. The third-order valence-corrected chi connectivity index (χ3v) is 4.56. The summed E-state index contributed by atoms with van der Waals surface area (Å²) in [6, 6.07) is 12.5. The van der Waals surface area contributed by atoms with Crippen LogP contribution < -0.4 is 4.74 Å². The van der Waals surface area contributed by atoms with Crippen LogP contribution in [0.3, 0.4) is 0 Å². The smallest absolute Gasteiger partial charge is 0.223 e. The molecule has 2 aromatic carbocycles. The first-order valence-electron chi connectivity index (χ1n) is 7.85. The number of fused-ring (bicyclic) bond motifs is 4. The highest BCUT2D eigenvalue weighted by atomic mass is 16.7. The standard InChI is InChI=1S/C19H20O4/c1-20-11-18-17(21-2)10-13-9-15-14-6-4-3-5-12(14)7-8-16(15)22-19(13)23-18/h3-8,10,17-19H,9,11H2,1-2H3/t17-,18+,19+/m0/s1. The zero-order chi connectivity index (χ0) is 15.8. The third kappa shape index (κ3) is 2.53. The van der Waals surface area contributed by atoms with Gasteiger partial charge in [0.2, 0.25) is 6.29 Å². The summed E-state index contributed by atoms with van der Waals surface area (Å²) in [5.74, 6) is 0.901. The van der Waals surface area contributed by atoms with Crippen molar-refractivity contribution in [3.05, 3.63) is 53.6 Å². The fourth-order valence-electron chi connectivity index (χ4n) is 3.41. The first kappa shape index (κ1) is 14.7. The summed E-state index contributed by atoms with van der Waals surface area (Å²) in [7, 11) is 3.36. The molecule has 0 unspecified atom stereocenters. The number of rotatable bonds is 3. The Hall–Kier alpha value is -1.88. The summed E-state index contributed by atoms with van der Waals surface area (Å²) in [5, 5.41) is 2.46. The predicted octanol–water partition coefficient (Wildman–Crippen LogP) is 3.09. The SMILES string of the molecule is COC[C@H]1O[C@H]2Oc3ccc4ccccc4c3CC2=C[C@@H]1OC. The van der Waals surface area contributed by atoms with Gasteiger partial charge in [0.15, 0.2) is 0 Å². The Morgan fingerprint density at radius 3 is 2.83 bits per heavy atom. The van der Waals surface area contributed by atoms with Gasteiger partial charge >= 0.3 is 0 Å². The minimum Gasteiger partial charge on any atom is -0.461 e. The van der Waals surface area contributed by atoms with Crippen molar-refractivity contribution in [2.24, 2.45) is 0 Å². The van der Waals surface area contributed by atoms with Gasteiger partial charge < -0.3 is 18.9 Å². The molecule has 0 aromatic heterocycles. The lowest BCUT2D eigenvalue weighted by Crippen LogP contribution is -2.45. The summed E-state index contributed by atoms with van der Waals surface area (Å²) in [6.07, 6.45) is 2.33. The van der Waals surface area contributed by atoms with E-state index in [1.54, 1.807) is 14.2 Å². The van der Waals surface area contributed by atoms with Gasteiger partial charge in [-0.1, -0.05) is 30.3 Å². The van der Waals surface area contributed by atoms with E-state index >= 15 is 0 Å². The van der Waals surface area contributed by atoms with Crippen LogP contribution in [0.5, 0.6) is 5.75 Å². The van der Waals surface area contributed by atoms with Crippen molar-refractivity contribution in [1.82, 2.24) is 0 Å². The van der Waals surface area contributed by atoms with Crippen molar-refractivity contribution < 1.29 is 18.9 Å². The van der Waals surface area contributed by atoms with Gasteiger partial charge in [0.1, 0.15) is 18.0 Å². The van der Waals surface area contributed by atoms with Gasteiger partial charge in [-0.15, -0.1) is 0 Å². The van der Waals surface area contributed by atoms with Crippen molar-refractivity contribution in [2.75, 3.05) is 20.8 Å². The van der Waals surface area contributed by atoms with Crippen molar-refractivity contribution in [2.45, 2.75) is 24.9 Å². The molecule has 2 aromatic rings. The highest BCUT2D eigenvalue weighted by Crippen LogP contribution is 2.38. The number of ether oxygens (including phenoxy) is 4. The van der Waals surface area contributed by atoms with E-state index in [9.17, 15) is 0 Å². The van der Waals surface area contributed by atoms with E-state index in [2.05, 4.69) is 36.4 Å². The Kier molecular flexibility index (Phi) is 3.81. The molecule has 0 fully saturated rings. The Balaban J connectivity index is 1.73. The average Bonchev–Trinajstić information content (AvgIpc) is 2.59. The maximum atomic E-state index is 6.11. The second-order valence-electron chi connectivity index (χ2n) is 5.96. The monoisotopic (exact) mass is 312 g/mol. The Bertz CT molecular complexity index is 752. The third-order valence-electron chi connectivity index (χ3n) is 4.56. The molecule has 0 saturated carbocycles. The molecule has 23 heavy (non-hydrogen) atoms. The Morgan fingerprint density at radius 1 is 1.13 bits per heavy atom. The van der Waals surface area contributed by atoms with Gasteiger partial charge in [-0.2, -0.15) is 0 Å². The van der Waals surface area contributed by atoms with Crippen LogP contribution in [-0.2, 0) is 20.6 Å². The van der Waals surface area contributed by atoms with Crippen LogP contribution in [0.15, 0.2) is 48.0 Å². The summed E-state index contributed by atoms with van der Waals surface area (Å²) < 4.78 is 22.9. The molecule has 120 valence electrons. The van der Waals surface area contributed by atoms with Crippen LogP contribution in [0.1, 0.15) is 5.56 Å². The molecule has 3 atom stereocenters. The molecule has 0 amide bonds. The van der Waals surface area contributed by atoms with Crippen molar-refractivity contribution >= 4 is 10.8 Å². The minimum atomic E-state index is -0.352. The van der Waals surface area contributed by atoms with Crippen LogP contribution in [0.4, 0.5) is 0 Å². The fourth-order valence-corrected chi connectivity index (χ4v) is 3.41. The van der Waals surface area contributed by atoms with E-state index in [1.165, 1.54) is 16.3 Å². The van der Waals surface area contributed by atoms with E-state index in [-0.39, 0.29) is 18.5 Å². The maximum absolute atomic E-state index is 6.11. The summed E-state index contributed by atoms with van der Waals surface area (Å²) in [5.41, 5.74) is 2.34. The lowest BCUT2D eigenvalue weighted by Gasteiger charge is -2.38. The summed E-state index contributed by atoms with van der Waals surface area (Å²) >= 11 is 0. The molecule has 4 nitrogen and oxygen atoms in total. The van der Waals surface area contributed by atoms with Crippen LogP contribution in [0.2, 0.25) is 0 Å². The lowest BCUT2D eigenvalue weighted by molar-refractivity contribution is -0.161. The summed E-state index contributed by atoms with van der Waals surface area (Å²) in [4.78, 5) is 0. The lowest BCUT2D eigenvalue weighted by atomic mass is 9.92. The van der Waals surface area contributed by atoms with Gasteiger partial charge in [0, 0.05) is 31.8 Å². The van der Waals surface area contributed by atoms with E-state index in [1.807, 2.05) is 6.07 Å². The zero-order valence-electron chi connectivity index (χ0n) is 13.3. The van der Waals surface area contributed by atoms with Crippen LogP contribution in [0, 0.1) is 0 Å². The second-order valence-corrected chi connectivity index (χ2v) is 5.96. The molecule has 0 bridgehead atoms. The molecule has 0 saturated heterocycles. The normalized spacial score (nSPS) is 26.2. The van der Waals surface area contributed by atoms with E-state index < -0.39 is 0 Å². The van der Waals surface area contributed by atoms with E-state index in [0.717, 1.165) is 17.7 Å². The largest absolute Gasteiger partial charge is 0.461 e. The van der Waals surface area contributed by atoms with E-state index in [4.69, 9.17) is 18.9 Å². The average molecular weight is 312 g/mol. The van der Waals surface area contributed by atoms with Crippen molar-refractivity contribution in [3.8, 4) is 5.75 Å². The molecule has 0 N–H and O–H groups in total. The molecule has 4 heteroatoms. The quantitative estimate of drug-likeness (QED) is 0.816. The molecule has 4 rings (SSSR count). The number of benzene rings is 2. The molecular weight excluding hydrogens is 292 g/mol. The highest BCUT2D eigenvalue weighted by Gasteiger charge is 2.36. The van der Waals surface area contributed by atoms with Gasteiger partial charge in [-0.05, 0) is 22.9 Å². The molecule has 0 aliphatic carbocycles. The van der Waals surface area contributed by atoms with E-state index in [0.29, 0.717) is 6.61 Å². The number of methoxy groups -OCH3 is 2. The maximum Gasteiger partial charge on any atom is 0.223 e. The van der Waals surface area contributed by atoms with Crippen LogP contribution in [0.25, 0.3) is 10.8 Å². The van der Waals surface area contributed by atoms with Crippen LogP contribution >= 0.6 is 0 Å². The molecule has 0 spiro atoms. The first-order valence-corrected chi connectivity index (χ1v) is 7.85. The van der Waals surface area contributed by atoms with Gasteiger partial charge in [0.05, 0.1) is 6.61 Å². The summed E-state index contributed by atoms with van der Waals surface area (Å²) in [6.45, 7) is 0.479. The first-order chi connectivity index (χ1) is 11.3. The topological polar surface area (TPSA) is 36.9 Å². The highest BCUT2D eigenvalue weighted by molar-refractivity contribution is 5.88. The zero-order valence-corrected chi connectivity index (χ0v) is 13.3. The van der Waals surface area contributed by atoms with Gasteiger partial charge in [-0.3, -0.25) is 0 Å². The molecular formula is C19H20O4. The number of hydrogen-bond acceptors (Lipinski definition) is 4. The molecule has 2 heterocycles. The van der Waals surface area contributed by atoms with Gasteiger partial charge in [-0.25, -0.2) is 0 Å². The van der Waals surface area contributed by atoms with Gasteiger partial charge in [0.25, 0.3) is 0 Å². The second kappa shape index (κ2) is 5.96. The molecule has 2 aliphatic heterocycles. The van der Waals surface area contributed by atoms with Crippen LogP contribution in [-0.4, -0.2) is 39.3 Å². The number of hydrogen-bond donors (Lipinski definition) is 0. The Labute approximate surface area is 135 Å². The van der Waals surface area contributed by atoms with Crippen molar-refractivity contribution in [1.29, 1.82) is 0 Å². The molecule has 0 radical (unpaired) electrons.